The van der Waals surface area contributed by atoms with Gasteiger partial charge < -0.3 is 5.11 Å². The highest BCUT2D eigenvalue weighted by Gasteiger charge is 2.29. The molecule has 1 aliphatic rings. The van der Waals surface area contributed by atoms with Gasteiger partial charge in [0.15, 0.2) is 0 Å². The number of unbranched alkanes of at least 4 members (excludes halogenated alkanes) is 6. The minimum Gasteiger partial charge on any atom is -0.480 e. The van der Waals surface area contributed by atoms with Crippen molar-refractivity contribution in [1.29, 1.82) is 0 Å². The van der Waals surface area contributed by atoms with Crippen molar-refractivity contribution in [2.75, 3.05) is 13.1 Å². The number of carboxylic acids is 1. The number of carbonyl (C=O) groups is 1. The number of rotatable bonds is 9. The molecule has 1 rings (SSSR count). The smallest absolute Gasteiger partial charge is 0.320 e. The molecule has 0 amide bonds. The fraction of sp³-hybridized carbons (Fsp3) is 0.929. The molecule has 0 radical (unpaired) electrons. The van der Waals surface area contributed by atoms with Gasteiger partial charge in [-0.3, -0.25) is 9.69 Å². The van der Waals surface area contributed by atoms with Gasteiger partial charge in [-0.2, -0.15) is 0 Å². The SMILES string of the molecule is CCCCCCCCCN1CCC[C@H]1C(=O)O.Cl. The van der Waals surface area contributed by atoms with Crippen molar-refractivity contribution in [2.45, 2.75) is 70.8 Å². The Labute approximate surface area is 117 Å². The van der Waals surface area contributed by atoms with E-state index in [4.69, 9.17) is 5.11 Å². The second-order valence-electron chi connectivity index (χ2n) is 5.15. The van der Waals surface area contributed by atoms with Crippen molar-refractivity contribution in [1.82, 2.24) is 4.90 Å². The predicted octanol–water partition coefficient (Wildman–Crippen LogP) is 3.71. The van der Waals surface area contributed by atoms with Gasteiger partial charge in [0, 0.05) is 0 Å². The quantitative estimate of drug-likeness (QED) is 0.653. The zero-order chi connectivity index (χ0) is 12.5. The standard InChI is InChI=1S/C14H27NO2.ClH/c1-2-3-4-5-6-7-8-11-15-12-9-10-13(15)14(16)17;/h13H,2-12H2,1H3,(H,16,17);1H/t13-;/m0./s1. The summed E-state index contributed by atoms with van der Waals surface area (Å²) in [6.45, 7) is 4.19. The summed E-state index contributed by atoms with van der Waals surface area (Å²) in [5.74, 6) is -0.634. The maximum Gasteiger partial charge on any atom is 0.320 e. The van der Waals surface area contributed by atoms with Crippen LogP contribution >= 0.6 is 12.4 Å². The predicted molar refractivity (Wildman–Crippen MR) is 77.5 cm³/mol. The highest BCUT2D eigenvalue weighted by molar-refractivity contribution is 5.85. The van der Waals surface area contributed by atoms with E-state index in [1.807, 2.05) is 0 Å². The highest BCUT2D eigenvalue weighted by atomic mass is 35.5. The first kappa shape index (κ1) is 17.7. The average Bonchev–Trinajstić information content (AvgIpc) is 2.76. The number of nitrogens with zero attached hydrogens (tertiary/aromatic N) is 1. The Hall–Kier alpha value is -0.280. The van der Waals surface area contributed by atoms with Gasteiger partial charge in [0.05, 0.1) is 0 Å². The number of aliphatic carboxylic acids is 1. The molecule has 0 unspecified atom stereocenters. The third-order valence-electron chi connectivity index (χ3n) is 3.70. The summed E-state index contributed by atoms with van der Waals surface area (Å²) in [5, 5.41) is 9.04. The first-order valence-electron chi connectivity index (χ1n) is 7.22. The van der Waals surface area contributed by atoms with E-state index < -0.39 is 5.97 Å². The Morgan fingerprint density at radius 1 is 1.17 bits per heavy atom. The summed E-state index contributed by atoms with van der Waals surface area (Å²) in [7, 11) is 0. The Balaban J connectivity index is 0.00000289. The normalized spacial score (nSPS) is 19.7. The first-order valence-corrected chi connectivity index (χ1v) is 7.22. The van der Waals surface area contributed by atoms with Gasteiger partial charge in [0.1, 0.15) is 6.04 Å². The van der Waals surface area contributed by atoms with Crippen molar-refractivity contribution in [3.05, 3.63) is 0 Å². The van der Waals surface area contributed by atoms with Crippen LogP contribution in [-0.2, 0) is 4.79 Å². The molecule has 4 heteroatoms. The number of likely N-dealkylation sites (tertiary alicyclic amines) is 1. The van der Waals surface area contributed by atoms with Crippen LogP contribution in [0, 0.1) is 0 Å². The summed E-state index contributed by atoms with van der Waals surface area (Å²) in [6.07, 6.45) is 11.0. The summed E-state index contributed by atoms with van der Waals surface area (Å²) < 4.78 is 0. The molecule has 0 spiro atoms. The van der Waals surface area contributed by atoms with Gasteiger partial charge in [-0.05, 0) is 32.4 Å². The first-order chi connectivity index (χ1) is 8.25. The van der Waals surface area contributed by atoms with Crippen molar-refractivity contribution in [3.8, 4) is 0 Å². The van der Waals surface area contributed by atoms with Crippen molar-refractivity contribution in [2.24, 2.45) is 0 Å². The van der Waals surface area contributed by atoms with Gasteiger partial charge >= 0.3 is 5.97 Å². The van der Waals surface area contributed by atoms with Crippen LogP contribution in [0.1, 0.15) is 64.7 Å². The molecule has 1 N–H and O–H groups in total. The van der Waals surface area contributed by atoms with Crippen LogP contribution in [0.5, 0.6) is 0 Å². The molecule has 1 aliphatic heterocycles. The van der Waals surface area contributed by atoms with Crippen molar-refractivity contribution < 1.29 is 9.90 Å². The third-order valence-corrected chi connectivity index (χ3v) is 3.70. The van der Waals surface area contributed by atoms with Gasteiger partial charge in [-0.1, -0.05) is 45.4 Å². The number of carboxylic acid groups (broad SMARTS) is 1. The molecule has 0 aliphatic carbocycles. The van der Waals surface area contributed by atoms with Crippen LogP contribution in [-0.4, -0.2) is 35.1 Å². The summed E-state index contributed by atoms with van der Waals surface area (Å²) in [4.78, 5) is 13.1. The highest BCUT2D eigenvalue weighted by Crippen LogP contribution is 2.18. The van der Waals surface area contributed by atoms with Gasteiger partial charge in [0.2, 0.25) is 0 Å². The Kier molecular flexibility index (Phi) is 10.5. The van der Waals surface area contributed by atoms with E-state index in [-0.39, 0.29) is 18.4 Å². The molecule has 0 aromatic rings. The van der Waals surface area contributed by atoms with E-state index in [2.05, 4.69) is 11.8 Å². The summed E-state index contributed by atoms with van der Waals surface area (Å²) in [5.41, 5.74) is 0. The summed E-state index contributed by atoms with van der Waals surface area (Å²) >= 11 is 0. The Morgan fingerprint density at radius 3 is 2.39 bits per heavy atom. The van der Waals surface area contributed by atoms with Gasteiger partial charge in [-0.25, -0.2) is 0 Å². The molecule has 0 aromatic carbocycles. The minimum atomic E-state index is -0.634. The molecule has 0 bridgehead atoms. The topological polar surface area (TPSA) is 40.5 Å². The lowest BCUT2D eigenvalue weighted by Gasteiger charge is -2.20. The zero-order valence-electron chi connectivity index (χ0n) is 11.6. The van der Waals surface area contributed by atoms with E-state index in [0.717, 1.165) is 32.4 Å². The maximum absolute atomic E-state index is 11.0. The fourth-order valence-electron chi connectivity index (χ4n) is 2.65. The van der Waals surface area contributed by atoms with E-state index >= 15 is 0 Å². The average molecular weight is 278 g/mol. The van der Waals surface area contributed by atoms with E-state index in [1.165, 1.54) is 38.5 Å². The number of hydrogen-bond donors (Lipinski definition) is 1. The largest absolute Gasteiger partial charge is 0.480 e. The molecular weight excluding hydrogens is 250 g/mol. The van der Waals surface area contributed by atoms with Crippen LogP contribution in [0.2, 0.25) is 0 Å². The lowest BCUT2D eigenvalue weighted by molar-refractivity contribution is -0.142. The van der Waals surface area contributed by atoms with E-state index in [9.17, 15) is 4.79 Å². The monoisotopic (exact) mass is 277 g/mol. The van der Waals surface area contributed by atoms with Crippen LogP contribution in [0.3, 0.4) is 0 Å². The molecular formula is C14H28ClNO2. The molecule has 1 fully saturated rings. The van der Waals surface area contributed by atoms with Crippen LogP contribution in [0.15, 0.2) is 0 Å². The minimum absolute atomic E-state index is 0. The van der Waals surface area contributed by atoms with Crippen molar-refractivity contribution in [3.63, 3.8) is 0 Å². The third kappa shape index (κ3) is 6.60. The molecule has 1 atom stereocenters. The maximum atomic E-state index is 11.0. The lowest BCUT2D eigenvalue weighted by Crippen LogP contribution is -2.36. The molecule has 108 valence electrons. The van der Waals surface area contributed by atoms with E-state index in [0.29, 0.717) is 0 Å². The van der Waals surface area contributed by atoms with Crippen LogP contribution in [0.4, 0.5) is 0 Å². The van der Waals surface area contributed by atoms with Gasteiger partial charge in [-0.15, -0.1) is 12.4 Å². The molecule has 3 nitrogen and oxygen atoms in total. The summed E-state index contributed by atoms with van der Waals surface area (Å²) in [6, 6.07) is -0.199. The number of hydrogen-bond acceptors (Lipinski definition) is 2. The zero-order valence-corrected chi connectivity index (χ0v) is 12.4. The van der Waals surface area contributed by atoms with Crippen LogP contribution < -0.4 is 0 Å². The molecule has 18 heavy (non-hydrogen) atoms. The van der Waals surface area contributed by atoms with Gasteiger partial charge in [0.25, 0.3) is 0 Å². The second-order valence-corrected chi connectivity index (χ2v) is 5.15. The lowest BCUT2D eigenvalue weighted by atomic mass is 10.1. The van der Waals surface area contributed by atoms with Crippen molar-refractivity contribution >= 4 is 18.4 Å². The Bertz CT molecular complexity index is 224. The second kappa shape index (κ2) is 10.6. The molecule has 0 aromatic heterocycles. The number of halogens is 1. The Morgan fingerprint density at radius 2 is 1.78 bits per heavy atom. The molecule has 1 saturated heterocycles. The fourth-order valence-corrected chi connectivity index (χ4v) is 2.65. The molecule has 1 heterocycles. The van der Waals surface area contributed by atoms with Crippen LogP contribution in [0.25, 0.3) is 0 Å². The van der Waals surface area contributed by atoms with E-state index in [1.54, 1.807) is 0 Å². The molecule has 0 saturated carbocycles.